The van der Waals surface area contributed by atoms with Gasteiger partial charge in [0.05, 0.1) is 28.5 Å². The number of imidazole rings is 1. The Morgan fingerprint density at radius 3 is 2.46 bits per heavy atom. The van der Waals surface area contributed by atoms with Crippen LogP contribution in [0.5, 0.6) is 11.5 Å². The lowest BCUT2D eigenvalue weighted by atomic mass is 9.82. The van der Waals surface area contributed by atoms with Crippen LogP contribution in [0.25, 0.3) is 11.0 Å². The Kier molecular flexibility index (Phi) is 3.36. The average molecular weight is 370 g/mol. The SMILES string of the molecule is O=C1c2cccc(O)c2C(=O)c2c(O)cc(Cn3cnc4ccccc43)cc21. The minimum atomic E-state index is -0.556. The summed E-state index contributed by atoms with van der Waals surface area (Å²) in [6.45, 7) is 0.385. The van der Waals surface area contributed by atoms with E-state index in [9.17, 15) is 19.8 Å². The molecule has 136 valence electrons. The van der Waals surface area contributed by atoms with Gasteiger partial charge in [-0.05, 0) is 35.9 Å². The van der Waals surface area contributed by atoms with E-state index in [1.165, 1.54) is 24.3 Å². The number of hydrogen-bond acceptors (Lipinski definition) is 5. The molecule has 0 atom stereocenters. The molecule has 6 heteroatoms. The number of phenolic OH excluding ortho intramolecular Hbond substituents is 2. The first-order valence-corrected chi connectivity index (χ1v) is 8.71. The number of para-hydroxylation sites is 2. The molecule has 5 rings (SSSR count). The molecule has 4 aromatic rings. The second-order valence-electron chi connectivity index (χ2n) is 6.76. The van der Waals surface area contributed by atoms with Crippen molar-refractivity contribution in [2.75, 3.05) is 0 Å². The number of aromatic nitrogens is 2. The molecule has 2 N–H and O–H groups in total. The number of rotatable bonds is 2. The Bertz CT molecular complexity index is 1300. The summed E-state index contributed by atoms with van der Waals surface area (Å²) in [5, 5.41) is 20.5. The van der Waals surface area contributed by atoms with Crippen LogP contribution in [0.3, 0.4) is 0 Å². The number of benzene rings is 3. The van der Waals surface area contributed by atoms with Crippen LogP contribution in [0.1, 0.15) is 37.4 Å². The van der Waals surface area contributed by atoms with E-state index in [1.54, 1.807) is 12.4 Å². The van der Waals surface area contributed by atoms with Crippen molar-refractivity contribution in [3.63, 3.8) is 0 Å². The van der Waals surface area contributed by atoms with E-state index in [2.05, 4.69) is 4.98 Å². The predicted molar refractivity (Wildman–Crippen MR) is 102 cm³/mol. The van der Waals surface area contributed by atoms with Crippen LogP contribution in [0.4, 0.5) is 0 Å². The highest BCUT2D eigenvalue weighted by Crippen LogP contribution is 2.37. The summed E-state index contributed by atoms with van der Waals surface area (Å²) >= 11 is 0. The van der Waals surface area contributed by atoms with Gasteiger partial charge in [-0.15, -0.1) is 0 Å². The van der Waals surface area contributed by atoms with Crippen LogP contribution >= 0.6 is 0 Å². The fourth-order valence-corrected chi connectivity index (χ4v) is 3.77. The van der Waals surface area contributed by atoms with Crippen LogP contribution in [0.15, 0.2) is 60.9 Å². The van der Waals surface area contributed by atoms with Gasteiger partial charge < -0.3 is 14.8 Å². The molecule has 0 fully saturated rings. The van der Waals surface area contributed by atoms with Crippen molar-refractivity contribution in [1.82, 2.24) is 9.55 Å². The molecule has 1 aliphatic rings. The Morgan fingerprint density at radius 2 is 1.61 bits per heavy atom. The zero-order valence-corrected chi connectivity index (χ0v) is 14.6. The fraction of sp³-hybridized carbons (Fsp3) is 0.0455. The number of carbonyl (C=O) groups excluding carboxylic acids is 2. The maximum atomic E-state index is 12.9. The van der Waals surface area contributed by atoms with Gasteiger partial charge in [-0.1, -0.05) is 24.3 Å². The van der Waals surface area contributed by atoms with E-state index >= 15 is 0 Å². The second-order valence-corrected chi connectivity index (χ2v) is 6.76. The van der Waals surface area contributed by atoms with Gasteiger partial charge in [0, 0.05) is 17.7 Å². The lowest BCUT2D eigenvalue weighted by Gasteiger charge is -2.20. The smallest absolute Gasteiger partial charge is 0.201 e. The molecule has 0 radical (unpaired) electrons. The van der Waals surface area contributed by atoms with Crippen LogP contribution in [0.2, 0.25) is 0 Å². The van der Waals surface area contributed by atoms with Crippen LogP contribution < -0.4 is 0 Å². The summed E-state index contributed by atoms with van der Waals surface area (Å²) in [6.07, 6.45) is 1.70. The molecule has 0 amide bonds. The third kappa shape index (κ3) is 2.24. The Balaban J connectivity index is 1.63. The number of fused-ring (bicyclic) bond motifs is 3. The number of aromatic hydroxyl groups is 2. The highest BCUT2D eigenvalue weighted by Gasteiger charge is 2.34. The monoisotopic (exact) mass is 370 g/mol. The zero-order chi connectivity index (χ0) is 19.4. The van der Waals surface area contributed by atoms with Crippen molar-refractivity contribution in [3.05, 3.63) is 88.7 Å². The lowest BCUT2D eigenvalue weighted by molar-refractivity contribution is 0.0974. The summed E-state index contributed by atoms with van der Waals surface area (Å²) < 4.78 is 1.91. The number of hydrogen-bond donors (Lipinski definition) is 2. The number of carbonyl (C=O) groups is 2. The number of phenols is 2. The van der Waals surface area contributed by atoms with E-state index in [1.807, 2.05) is 28.8 Å². The standard InChI is InChI=1S/C22H14N2O4/c25-17-7-3-4-13-19(17)22(28)20-14(21(13)27)8-12(9-18(20)26)10-24-11-23-15-5-1-2-6-16(15)24/h1-9,11,25-26H,10H2. The number of nitrogens with zero attached hydrogens (tertiary/aromatic N) is 2. The molecule has 0 aliphatic heterocycles. The molecule has 28 heavy (non-hydrogen) atoms. The van der Waals surface area contributed by atoms with Gasteiger partial charge in [-0.2, -0.15) is 0 Å². The first-order chi connectivity index (χ1) is 13.5. The topological polar surface area (TPSA) is 92.4 Å². The minimum Gasteiger partial charge on any atom is -0.507 e. The fourth-order valence-electron chi connectivity index (χ4n) is 3.77. The van der Waals surface area contributed by atoms with Crippen molar-refractivity contribution in [2.45, 2.75) is 6.54 Å². The number of ketones is 2. The summed E-state index contributed by atoms with van der Waals surface area (Å²) in [5.41, 5.74) is 2.59. The summed E-state index contributed by atoms with van der Waals surface area (Å²) in [5.74, 6) is -1.49. The minimum absolute atomic E-state index is 0.0661. The van der Waals surface area contributed by atoms with Crippen LogP contribution in [0, 0.1) is 0 Å². The van der Waals surface area contributed by atoms with Gasteiger partial charge in [0.2, 0.25) is 5.78 Å². The average Bonchev–Trinajstić information content (AvgIpc) is 3.08. The maximum Gasteiger partial charge on any atom is 0.201 e. The molecule has 0 saturated carbocycles. The molecular formula is C22H14N2O4. The Hall–Kier alpha value is -3.93. The highest BCUT2D eigenvalue weighted by molar-refractivity contribution is 6.30. The van der Waals surface area contributed by atoms with Crippen molar-refractivity contribution in [1.29, 1.82) is 0 Å². The van der Waals surface area contributed by atoms with Crippen LogP contribution in [-0.4, -0.2) is 31.3 Å². The van der Waals surface area contributed by atoms with E-state index in [-0.39, 0.29) is 33.8 Å². The molecule has 0 bridgehead atoms. The van der Waals surface area contributed by atoms with E-state index < -0.39 is 11.6 Å². The predicted octanol–water partition coefficient (Wildman–Crippen LogP) is 3.27. The lowest BCUT2D eigenvalue weighted by Crippen LogP contribution is -2.21. The highest BCUT2D eigenvalue weighted by atomic mass is 16.3. The van der Waals surface area contributed by atoms with Crippen LogP contribution in [-0.2, 0) is 6.54 Å². The maximum absolute atomic E-state index is 12.9. The van der Waals surface area contributed by atoms with Gasteiger partial charge in [-0.25, -0.2) is 4.98 Å². The van der Waals surface area contributed by atoms with Crippen molar-refractivity contribution in [2.24, 2.45) is 0 Å². The van der Waals surface area contributed by atoms with Gasteiger partial charge in [0.25, 0.3) is 0 Å². The van der Waals surface area contributed by atoms with E-state index in [4.69, 9.17) is 0 Å². The normalized spacial score (nSPS) is 12.9. The van der Waals surface area contributed by atoms with Crippen molar-refractivity contribution < 1.29 is 19.8 Å². The largest absolute Gasteiger partial charge is 0.507 e. The van der Waals surface area contributed by atoms with Crippen molar-refractivity contribution >= 4 is 22.6 Å². The Labute approximate surface area is 159 Å². The zero-order valence-electron chi connectivity index (χ0n) is 14.6. The third-order valence-corrected chi connectivity index (χ3v) is 5.04. The van der Waals surface area contributed by atoms with E-state index in [0.29, 0.717) is 12.1 Å². The molecule has 0 saturated heterocycles. The van der Waals surface area contributed by atoms with Crippen molar-refractivity contribution in [3.8, 4) is 11.5 Å². The quantitative estimate of drug-likeness (QED) is 0.498. The van der Waals surface area contributed by atoms with Gasteiger partial charge >= 0.3 is 0 Å². The van der Waals surface area contributed by atoms with Gasteiger partial charge in [0.1, 0.15) is 11.5 Å². The molecular weight excluding hydrogens is 356 g/mol. The summed E-state index contributed by atoms with van der Waals surface area (Å²) in [4.78, 5) is 30.1. The first kappa shape index (κ1) is 16.3. The summed E-state index contributed by atoms with van der Waals surface area (Å²) in [7, 11) is 0. The molecule has 0 spiro atoms. The van der Waals surface area contributed by atoms with Gasteiger partial charge in [-0.3, -0.25) is 9.59 Å². The molecule has 1 aromatic heterocycles. The van der Waals surface area contributed by atoms with E-state index in [0.717, 1.165) is 11.0 Å². The Morgan fingerprint density at radius 1 is 0.821 bits per heavy atom. The molecule has 1 heterocycles. The molecule has 3 aromatic carbocycles. The third-order valence-electron chi connectivity index (χ3n) is 5.04. The first-order valence-electron chi connectivity index (χ1n) is 8.71. The van der Waals surface area contributed by atoms with Gasteiger partial charge in [0.15, 0.2) is 5.78 Å². The second kappa shape index (κ2) is 5.79. The molecule has 6 nitrogen and oxygen atoms in total. The molecule has 1 aliphatic carbocycles. The molecule has 0 unspecified atom stereocenters. The summed E-state index contributed by atoms with van der Waals surface area (Å²) in [6, 6.07) is 15.1.